The Labute approximate surface area is 209 Å². The van der Waals surface area contributed by atoms with E-state index in [1.807, 2.05) is 13.8 Å². The third-order valence-corrected chi connectivity index (χ3v) is 5.55. The largest absolute Gasteiger partial charge is 0.484 e. The molecule has 35 heavy (non-hydrogen) atoms. The van der Waals surface area contributed by atoms with Gasteiger partial charge in [-0.3, -0.25) is 14.4 Å². The van der Waals surface area contributed by atoms with Crippen molar-refractivity contribution in [2.45, 2.75) is 19.9 Å². The van der Waals surface area contributed by atoms with Crippen molar-refractivity contribution in [3.8, 4) is 5.75 Å². The summed E-state index contributed by atoms with van der Waals surface area (Å²) in [4.78, 5) is 39.0. The van der Waals surface area contributed by atoms with Crippen LogP contribution >= 0.6 is 11.6 Å². The van der Waals surface area contributed by atoms with Gasteiger partial charge in [0.2, 0.25) is 0 Å². The highest BCUT2D eigenvalue weighted by Crippen LogP contribution is 2.13. The molecular formula is C25H29ClN4O5. The molecule has 2 N–H and O–H groups in total. The van der Waals surface area contributed by atoms with E-state index in [0.717, 1.165) is 5.56 Å². The lowest BCUT2D eigenvalue weighted by molar-refractivity contribution is -0.137. The molecule has 0 bridgehead atoms. The Morgan fingerprint density at radius 1 is 1.14 bits per heavy atom. The smallest absolute Gasteiger partial charge is 0.262 e. The number of hydrogen-bond acceptors (Lipinski definition) is 6. The van der Waals surface area contributed by atoms with Crippen LogP contribution in [-0.4, -0.2) is 67.8 Å². The maximum absolute atomic E-state index is 12.6. The molecule has 1 saturated heterocycles. The number of ether oxygens (including phenoxy) is 2. The molecule has 1 fully saturated rings. The van der Waals surface area contributed by atoms with Crippen LogP contribution in [0.3, 0.4) is 0 Å². The number of benzene rings is 2. The van der Waals surface area contributed by atoms with Crippen LogP contribution in [-0.2, 0) is 14.3 Å². The van der Waals surface area contributed by atoms with Gasteiger partial charge in [-0.2, -0.15) is 5.10 Å². The van der Waals surface area contributed by atoms with Crippen molar-refractivity contribution in [2.24, 2.45) is 11.0 Å². The number of carbonyl (C=O) groups is 3. The third-order valence-electron chi connectivity index (χ3n) is 5.32. The summed E-state index contributed by atoms with van der Waals surface area (Å²) in [5, 5.41) is 7.16. The second-order valence-corrected chi connectivity index (χ2v) is 8.73. The Morgan fingerprint density at radius 2 is 1.86 bits per heavy atom. The number of amides is 3. The van der Waals surface area contributed by atoms with E-state index in [2.05, 4.69) is 15.8 Å². The summed E-state index contributed by atoms with van der Waals surface area (Å²) in [7, 11) is 0. The number of hydrogen-bond donors (Lipinski definition) is 2. The summed E-state index contributed by atoms with van der Waals surface area (Å²) in [5.41, 5.74) is 3.56. The number of carbonyl (C=O) groups excluding carboxylic acids is 3. The minimum Gasteiger partial charge on any atom is -0.484 e. The Hall–Kier alpha value is -3.43. The van der Waals surface area contributed by atoms with Gasteiger partial charge in [0.25, 0.3) is 17.7 Å². The molecular weight excluding hydrogens is 472 g/mol. The summed E-state index contributed by atoms with van der Waals surface area (Å²) < 4.78 is 10.8. The molecule has 0 aliphatic carbocycles. The van der Waals surface area contributed by atoms with Crippen LogP contribution in [0.4, 0.5) is 0 Å². The third kappa shape index (κ3) is 8.08. The zero-order valence-corrected chi connectivity index (χ0v) is 20.5. The standard InChI is InChI=1S/C25H29ClN4O5/c1-17(2)23(28-24(32)19-4-3-5-20(26)14-19)25(33)29-27-15-18-6-8-21(9-7-18)35-16-22(31)30-10-12-34-13-11-30/h3-9,14-15,17,23H,10-13,16H2,1-2H3,(H,28,32)(H,29,33). The Bertz CT molecular complexity index is 1050. The van der Waals surface area contributed by atoms with E-state index in [9.17, 15) is 14.4 Å². The highest BCUT2D eigenvalue weighted by atomic mass is 35.5. The highest BCUT2D eigenvalue weighted by Gasteiger charge is 2.24. The van der Waals surface area contributed by atoms with Crippen molar-refractivity contribution in [1.29, 1.82) is 0 Å². The molecule has 2 aromatic carbocycles. The predicted octanol–water partition coefficient (Wildman–Crippen LogP) is 2.48. The summed E-state index contributed by atoms with van der Waals surface area (Å²) in [6.45, 7) is 5.85. The molecule has 186 valence electrons. The molecule has 2 aromatic rings. The highest BCUT2D eigenvalue weighted by molar-refractivity contribution is 6.31. The van der Waals surface area contributed by atoms with Crippen LogP contribution in [0.25, 0.3) is 0 Å². The zero-order chi connectivity index (χ0) is 25.2. The zero-order valence-electron chi connectivity index (χ0n) is 19.7. The number of halogens is 1. The van der Waals surface area contributed by atoms with Gasteiger partial charge in [-0.1, -0.05) is 31.5 Å². The first kappa shape index (κ1) is 26.2. The number of rotatable bonds is 9. The maximum atomic E-state index is 12.6. The SMILES string of the molecule is CC(C)C(NC(=O)c1cccc(Cl)c1)C(=O)NN=Cc1ccc(OCC(=O)N2CCOCC2)cc1. The fraction of sp³-hybridized carbons (Fsp3) is 0.360. The summed E-state index contributed by atoms with van der Waals surface area (Å²) in [6.07, 6.45) is 1.48. The first-order valence-electron chi connectivity index (χ1n) is 11.3. The van der Waals surface area contributed by atoms with Crippen LogP contribution in [0.2, 0.25) is 5.02 Å². The van der Waals surface area contributed by atoms with E-state index in [4.69, 9.17) is 21.1 Å². The molecule has 0 radical (unpaired) electrons. The lowest BCUT2D eigenvalue weighted by Gasteiger charge is -2.26. The molecule has 0 saturated carbocycles. The van der Waals surface area contributed by atoms with Crippen molar-refractivity contribution < 1.29 is 23.9 Å². The van der Waals surface area contributed by atoms with Crippen LogP contribution in [0.15, 0.2) is 53.6 Å². The van der Waals surface area contributed by atoms with Gasteiger partial charge < -0.3 is 19.7 Å². The monoisotopic (exact) mass is 500 g/mol. The first-order valence-corrected chi connectivity index (χ1v) is 11.7. The van der Waals surface area contributed by atoms with Crippen LogP contribution < -0.4 is 15.5 Å². The minimum absolute atomic E-state index is 0.0407. The maximum Gasteiger partial charge on any atom is 0.262 e. The van der Waals surface area contributed by atoms with Gasteiger partial charge in [0.05, 0.1) is 19.4 Å². The molecule has 9 nitrogen and oxygen atoms in total. The van der Waals surface area contributed by atoms with E-state index in [-0.39, 0.29) is 18.4 Å². The quantitative estimate of drug-likeness (QED) is 0.406. The molecule has 1 heterocycles. The van der Waals surface area contributed by atoms with Crippen molar-refractivity contribution in [2.75, 3.05) is 32.9 Å². The van der Waals surface area contributed by atoms with Crippen molar-refractivity contribution in [3.63, 3.8) is 0 Å². The normalized spacial score (nSPS) is 14.6. The second-order valence-electron chi connectivity index (χ2n) is 8.29. The molecule has 1 aliphatic heterocycles. The minimum atomic E-state index is -0.779. The van der Waals surface area contributed by atoms with Crippen LogP contribution in [0.5, 0.6) is 5.75 Å². The summed E-state index contributed by atoms with van der Waals surface area (Å²) in [6, 6.07) is 12.7. The molecule has 0 spiro atoms. The molecule has 0 aromatic heterocycles. The van der Waals surface area contributed by atoms with E-state index in [0.29, 0.717) is 42.6 Å². The van der Waals surface area contributed by atoms with Gasteiger partial charge in [-0.05, 0) is 53.9 Å². The lowest BCUT2D eigenvalue weighted by Crippen LogP contribution is -2.48. The van der Waals surface area contributed by atoms with E-state index in [1.165, 1.54) is 12.3 Å². The Balaban J connectivity index is 1.49. The number of nitrogens with one attached hydrogen (secondary N) is 2. The van der Waals surface area contributed by atoms with Gasteiger partial charge in [0.15, 0.2) is 6.61 Å². The number of nitrogens with zero attached hydrogens (tertiary/aromatic N) is 2. The van der Waals surface area contributed by atoms with Gasteiger partial charge in [-0.25, -0.2) is 5.43 Å². The van der Waals surface area contributed by atoms with Crippen molar-refractivity contribution >= 4 is 35.5 Å². The molecule has 1 aliphatic rings. The molecule has 1 atom stereocenters. The Morgan fingerprint density at radius 3 is 2.51 bits per heavy atom. The molecule has 1 unspecified atom stereocenters. The Kier molecular flexibility index (Phi) is 9.63. The van der Waals surface area contributed by atoms with E-state index >= 15 is 0 Å². The predicted molar refractivity (Wildman–Crippen MR) is 133 cm³/mol. The summed E-state index contributed by atoms with van der Waals surface area (Å²) >= 11 is 5.94. The van der Waals surface area contributed by atoms with Crippen molar-refractivity contribution in [3.05, 3.63) is 64.7 Å². The fourth-order valence-corrected chi connectivity index (χ4v) is 3.52. The number of morpholine rings is 1. The van der Waals surface area contributed by atoms with Gasteiger partial charge >= 0.3 is 0 Å². The van der Waals surface area contributed by atoms with E-state index in [1.54, 1.807) is 47.4 Å². The number of hydrazone groups is 1. The average Bonchev–Trinajstić information content (AvgIpc) is 2.86. The molecule has 3 rings (SSSR count). The van der Waals surface area contributed by atoms with Gasteiger partial charge in [0, 0.05) is 23.7 Å². The van der Waals surface area contributed by atoms with Crippen LogP contribution in [0.1, 0.15) is 29.8 Å². The summed E-state index contributed by atoms with van der Waals surface area (Å²) in [5.74, 6) is -0.522. The van der Waals surface area contributed by atoms with Crippen molar-refractivity contribution in [1.82, 2.24) is 15.6 Å². The van der Waals surface area contributed by atoms with Gasteiger partial charge in [-0.15, -0.1) is 0 Å². The first-order chi connectivity index (χ1) is 16.8. The topological polar surface area (TPSA) is 109 Å². The van der Waals surface area contributed by atoms with E-state index < -0.39 is 17.9 Å². The van der Waals surface area contributed by atoms with Gasteiger partial charge in [0.1, 0.15) is 11.8 Å². The molecule has 3 amide bonds. The molecule has 10 heteroatoms. The fourth-order valence-electron chi connectivity index (χ4n) is 3.33. The second kappa shape index (κ2) is 12.9. The lowest BCUT2D eigenvalue weighted by atomic mass is 10.0. The average molecular weight is 501 g/mol. The van der Waals surface area contributed by atoms with Crippen LogP contribution in [0, 0.1) is 5.92 Å².